The van der Waals surface area contributed by atoms with Gasteiger partial charge in [0, 0.05) is 0 Å². The highest BCUT2D eigenvalue weighted by Gasteiger charge is 2.07. The summed E-state index contributed by atoms with van der Waals surface area (Å²) in [4.78, 5) is 0. The molecule has 0 bridgehead atoms. The maximum Gasteiger partial charge on any atom is 0.254 e. The van der Waals surface area contributed by atoms with E-state index in [0.717, 1.165) is 12.8 Å². The van der Waals surface area contributed by atoms with Gasteiger partial charge in [-0.1, -0.05) is 90.9 Å². The Morgan fingerprint density at radius 2 is 1.18 bits per heavy atom. The second kappa shape index (κ2) is 17.1. The highest BCUT2D eigenvalue weighted by molar-refractivity contribution is 7.80. The number of unbranched alkanes of at least 4 members (excludes halogenated alkanes) is 12. The van der Waals surface area contributed by atoms with Crippen molar-refractivity contribution in [2.24, 2.45) is 5.73 Å². The zero-order valence-electron chi connectivity index (χ0n) is 15.1. The predicted octanol–water partition coefficient (Wildman–Crippen LogP) is 6.51. The molecule has 132 valence electrons. The molecule has 2 N–H and O–H groups in total. The summed E-state index contributed by atoms with van der Waals surface area (Å²) in [7, 11) is 0. The van der Waals surface area contributed by atoms with Gasteiger partial charge in [-0.05, 0) is 31.5 Å². The number of rotatable bonds is 16. The Labute approximate surface area is 144 Å². The van der Waals surface area contributed by atoms with Gasteiger partial charge in [-0.2, -0.15) is 0 Å². The number of thiocarbonyl (C=S) groups is 1. The molecule has 0 heterocycles. The van der Waals surface area contributed by atoms with Crippen molar-refractivity contribution in [1.82, 2.24) is 0 Å². The van der Waals surface area contributed by atoms with Gasteiger partial charge >= 0.3 is 0 Å². The fourth-order valence-electron chi connectivity index (χ4n) is 2.90. The predicted molar refractivity (Wildman–Crippen MR) is 102 cm³/mol. The van der Waals surface area contributed by atoms with E-state index < -0.39 is 0 Å². The Morgan fingerprint density at radius 1 is 0.773 bits per heavy atom. The molecule has 22 heavy (non-hydrogen) atoms. The Bertz CT molecular complexity index is 246. The molecule has 2 nitrogen and oxygen atoms in total. The van der Waals surface area contributed by atoms with Crippen LogP contribution in [0, 0.1) is 0 Å². The van der Waals surface area contributed by atoms with Gasteiger partial charge in [0.2, 0.25) is 0 Å². The highest BCUT2D eigenvalue weighted by atomic mass is 32.1. The van der Waals surface area contributed by atoms with Crippen LogP contribution >= 0.6 is 12.2 Å². The third-order valence-corrected chi connectivity index (χ3v) is 4.46. The topological polar surface area (TPSA) is 35.2 Å². The molecule has 0 aromatic carbocycles. The summed E-state index contributed by atoms with van der Waals surface area (Å²) in [6, 6.07) is 0. The lowest BCUT2D eigenvalue weighted by molar-refractivity contribution is 0.172. The number of nitrogens with two attached hydrogens (primary N) is 1. The van der Waals surface area contributed by atoms with Crippen molar-refractivity contribution in [3.05, 3.63) is 0 Å². The van der Waals surface area contributed by atoms with E-state index in [1.165, 1.54) is 83.5 Å². The first-order chi connectivity index (χ1) is 10.7. The van der Waals surface area contributed by atoms with E-state index in [2.05, 4.69) is 13.8 Å². The molecule has 1 atom stereocenters. The van der Waals surface area contributed by atoms with Gasteiger partial charge in [0.15, 0.2) is 0 Å². The summed E-state index contributed by atoms with van der Waals surface area (Å²) in [5.41, 5.74) is 5.42. The first-order valence-corrected chi connectivity index (χ1v) is 10.1. The minimum absolute atomic E-state index is 0.196. The van der Waals surface area contributed by atoms with Crippen molar-refractivity contribution < 1.29 is 4.74 Å². The zero-order chi connectivity index (χ0) is 16.5. The Morgan fingerprint density at radius 3 is 1.55 bits per heavy atom. The van der Waals surface area contributed by atoms with E-state index in [4.69, 9.17) is 22.7 Å². The number of hydrogen-bond acceptors (Lipinski definition) is 2. The van der Waals surface area contributed by atoms with Crippen LogP contribution in [-0.2, 0) is 4.74 Å². The van der Waals surface area contributed by atoms with Gasteiger partial charge in [-0.25, -0.2) is 0 Å². The van der Waals surface area contributed by atoms with Crippen LogP contribution in [0.25, 0.3) is 0 Å². The molecule has 0 saturated carbocycles. The van der Waals surface area contributed by atoms with Crippen LogP contribution in [-0.4, -0.2) is 11.3 Å². The summed E-state index contributed by atoms with van der Waals surface area (Å²) >= 11 is 4.79. The molecule has 0 rings (SSSR count). The summed E-state index contributed by atoms with van der Waals surface area (Å²) in [5, 5.41) is 0.196. The maximum absolute atomic E-state index is 5.42. The largest absolute Gasteiger partial charge is 0.468 e. The summed E-state index contributed by atoms with van der Waals surface area (Å²) in [6.07, 6.45) is 20.4. The molecule has 0 fully saturated rings. The van der Waals surface area contributed by atoms with Crippen LogP contribution in [0.5, 0.6) is 0 Å². The fourth-order valence-corrected chi connectivity index (χ4v) is 3.04. The fraction of sp³-hybridized carbons (Fsp3) is 0.947. The minimum Gasteiger partial charge on any atom is -0.468 e. The van der Waals surface area contributed by atoms with Crippen LogP contribution in [0.1, 0.15) is 110 Å². The molecule has 0 aliphatic rings. The summed E-state index contributed by atoms with van der Waals surface area (Å²) in [5.74, 6) is 0. The molecule has 0 aromatic heterocycles. The van der Waals surface area contributed by atoms with Gasteiger partial charge in [0.25, 0.3) is 5.17 Å². The molecule has 0 spiro atoms. The third-order valence-electron chi connectivity index (χ3n) is 4.37. The van der Waals surface area contributed by atoms with Gasteiger partial charge in [0.05, 0.1) is 0 Å². The lowest BCUT2D eigenvalue weighted by atomic mass is 10.0. The Balaban J connectivity index is 3.18. The lowest BCUT2D eigenvalue weighted by Gasteiger charge is -2.15. The second-order valence-corrected chi connectivity index (χ2v) is 6.90. The van der Waals surface area contributed by atoms with Gasteiger partial charge in [0.1, 0.15) is 6.10 Å². The van der Waals surface area contributed by atoms with Crippen molar-refractivity contribution in [1.29, 1.82) is 0 Å². The Hall–Kier alpha value is -0.310. The highest BCUT2D eigenvalue weighted by Crippen LogP contribution is 2.14. The monoisotopic (exact) mass is 329 g/mol. The Kier molecular flexibility index (Phi) is 16.8. The van der Waals surface area contributed by atoms with E-state index in [9.17, 15) is 0 Å². The summed E-state index contributed by atoms with van der Waals surface area (Å²) in [6.45, 7) is 4.41. The van der Waals surface area contributed by atoms with Crippen molar-refractivity contribution in [2.45, 2.75) is 116 Å². The van der Waals surface area contributed by atoms with Gasteiger partial charge in [-0.3, -0.25) is 0 Å². The van der Waals surface area contributed by atoms with E-state index in [0.29, 0.717) is 0 Å². The van der Waals surface area contributed by atoms with Gasteiger partial charge < -0.3 is 10.5 Å². The minimum atomic E-state index is 0.196. The molecule has 0 aliphatic heterocycles. The maximum atomic E-state index is 5.42. The molecule has 0 radical (unpaired) electrons. The normalized spacial score (nSPS) is 12.3. The van der Waals surface area contributed by atoms with Crippen LogP contribution in [0.15, 0.2) is 0 Å². The van der Waals surface area contributed by atoms with Crippen LogP contribution in [0.3, 0.4) is 0 Å². The molecule has 0 aliphatic carbocycles. The van der Waals surface area contributed by atoms with Gasteiger partial charge in [-0.15, -0.1) is 0 Å². The molecule has 0 saturated heterocycles. The van der Waals surface area contributed by atoms with Crippen LogP contribution < -0.4 is 5.73 Å². The van der Waals surface area contributed by atoms with Crippen molar-refractivity contribution in [3.8, 4) is 0 Å². The molecule has 1 unspecified atom stereocenters. The second-order valence-electron chi connectivity index (χ2n) is 6.50. The SMILES string of the molecule is CCCCCCCCCCCCCCCC(CC)OC(N)=S. The molecular formula is C19H39NOS. The molecular weight excluding hydrogens is 290 g/mol. The number of ether oxygens (including phenoxy) is 1. The third kappa shape index (κ3) is 16.1. The first kappa shape index (κ1) is 21.7. The molecule has 0 aromatic rings. The van der Waals surface area contributed by atoms with Crippen LogP contribution in [0.2, 0.25) is 0 Å². The zero-order valence-corrected chi connectivity index (χ0v) is 15.9. The standard InChI is InChI=1S/C19H39NOS/c1-3-5-6-7-8-9-10-11-12-13-14-15-16-17-18(4-2)21-19(20)22/h18H,3-17H2,1-2H3,(H2,20,22). The quantitative estimate of drug-likeness (QED) is 0.259. The number of hydrogen-bond donors (Lipinski definition) is 1. The molecule has 0 amide bonds. The average Bonchev–Trinajstić information content (AvgIpc) is 2.50. The van der Waals surface area contributed by atoms with E-state index in [1.54, 1.807) is 0 Å². The van der Waals surface area contributed by atoms with E-state index in [-0.39, 0.29) is 11.3 Å². The van der Waals surface area contributed by atoms with E-state index >= 15 is 0 Å². The smallest absolute Gasteiger partial charge is 0.254 e. The van der Waals surface area contributed by atoms with Crippen LogP contribution in [0.4, 0.5) is 0 Å². The lowest BCUT2D eigenvalue weighted by Crippen LogP contribution is -2.21. The van der Waals surface area contributed by atoms with Crippen molar-refractivity contribution in [3.63, 3.8) is 0 Å². The van der Waals surface area contributed by atoms with Crippen molar-refractivity contribution in [2.75, 3.05) is 0 Å². The molecule has 3 heteroatoms. The van der Waals surface area contributed by atoms with E-state index in [1.807, 2.05) is 0 Å². The first-order valence-electron chi connectivity index (χ1n) is 9.66. The average molecular weight is 330 g/mol. The van der Waals surface area contributed by atoms with Crippen molar-refractivity contribution >= 4 is 17.4 Å². The summed E-state index contributed by atoms with van der Waals surface area (Å²) < 4.78 is 5.42.